The van der Waals surface area contributed by atoms with Crippen LogP contribution in [0.5, 0.6) is 0 Å². The molecule has 20 heteroatoms. The number of hydrogen-bond acceptors (Lipinski definition) is 17. The van der Waals surface area contributed by atoms with Gasteiger partial charge in [0.2, 0.25) is 0 Å². The summed E-state index contributed by atoms with van der Waals surface area (Å²) in [5, 5.41) is 118. The number of fused-ring (bicyclic) bond motifs is 7. The molecule has 8 aliphatic rings. The normalized spacial score (nSPS) is 54.8. The summed E-state index contributed by atoms with van der Waals surface area (Å²) in [6, 6.07) is 0. The first-order valence-electron chi connectivity index (χ1n) is 24.3. The van der Waals surface area contributed by atoms with Crippen LogP contribution in [-0.2, 0) is 42.8 Å². The van der Waals surface area contributed by atoms with Crippen LogP contribution in [0.4, 0.5) is 0 Å². The summed E-state index contributed by atoms with van der Waals surface area (Å²) in [5.41, 5.74) is -1.15. The molecule has 3 aliphatic heterocycles. The molecule has 0 radical (unpaired) electrons. The molecule has 0 amide bonds. The maximum absolute atomic E-state index is 12.6. The highest BCUT2D eigenvalue weighted by molar-refractivity contribution is 5.75. The lowest BCUT2D eigenvalue weighted by atomic mass is 9.33. The maximum Gasteiger partial charge on any atom is 0.335 e. The Balaban J connectivity index is 1.08. The first kappa shape index (κ1) is 51.9. The molecular weight excluding hydrogens is 897 g/mol. The van der Waals surface area contributed by atoms with E-state index in [1.165, 1.54) is 12.5 Å². The molecule has 25 unspecified atom stereocenters. The number of ether oxygens (including phenoxy) is 6. The fraction of sp³-hybridized carbons (Fsp3) is 0.896. The second kappa shape index (κ2) is 18.0. The van der Waals surface area contributed by atoms with Crippen LogP contribution in [0.3, 0.4) is 0 Å². The molecule has 4 saturated carbocycles. The third kappa shape index (κ3) is 7.90. The SMILES string of the molecule is CC1OC(OC2C(OC3C(OC4CCC5(C)C(CCC6(C)C5CC=C5C7CC(C)(C(=O)O)CCC7(C)CCC56C)C4(C)CO)OC(C(=O)O)C(O)C3O)OC(C(=O)O)C(O)C2O)C(O)C(O)C1O. The van der Waals surface area contributed by atoms with Crippen LogP contribution in [0.2, 0.25) is 0 Å². The molecule has 386 valence electrons. The molecule has 0 bridgehead atoms. The van der Waals surface area contributed by atoms with E-state index < -0.39 is 127 Å². The van der Waals surface area contributed by atoms with Crippen LogP contribution in [0, 0.1) is 50.2 Å². The molecule has 3 saturated heterocycles. The summed E-state index contributed by atoms with van der Waals surface area (Å²) in [4.78, 5) is 37.3. The average Bonchev–Trinajstić information content (AvgIpc) is 3.27. The first-order chi connectivity index (χ1) is 31.6. The Bertz CT molecular complexity index is 1970. The molecule has 11 N–H and O–H groups in total. The number of rotatable bonds is 10. The third-order valence-corrected chi connectivity index (χ3v) is 19.7. The van der Waals surface area contributed by atoms with E-state index >= 15 is 0 Å². The molecule has 0 aromatic carbocycles. The Labute approximate surface area is 395 Å². The largest absolute Gasteiger partial charge is 0.481 e. The van der Waals surface area contributed by atoms with Crippen LogP contribution in [0.15, 0.2) is 11.6 Å². The zero-order valence-electron chi connectivity index (χ0n) is 39.9. The van der Waals surface area contributed by atoms with E-state index in [-0.39, 0.29) is 46.0 Å². The summed E-state index contributed by atoms with van der Waals surface area (Å²) in [6.45, 7) is 14.2. The van der Waals surface area contributed by atoms with Crippen molar-refractivity contribution in [2.75, 3.05) is 6.61 Å². The van der Waals surface area contributed by atoms with E-state index in [1.807, 2.05) is 13.8 Å². The van der Waals surface area contributed by atoms with Gasteiger partial charge in [0.25, 0.3) is 0 Å². The number of aliphatic hydroxyl groups is 8. The molecule has 0 spiro atoms. The minimum absolute atomic E-state index is 0.0105. The number of carboxylic acids is 3. The van der Waals surface area contributed by atoms with Gasteiger partial charge in [-0.3, -0.25) is 4.79 Å². The Morgan fingerprint density at radius 1 is 0.632 bits per heavy atom. The van der Waals surface area contributed by atoms with Gasteiger partial charge in [0.1, 0.15) is 54.9 Å². The molecular formula is C48H74O20. The lowest BCUT2D eigenvalue weighted by molar-refractivity contribution is -0.393. The molecule has 0 aromatic rings. The Hall–Kier alpha value is -2.41. The minimum Gasteiger partial charge on any atom is -0.481 e. The van der Waals surface area contributed by atoms with E-state index in [1.54, 1.807) is 0 Å². The van der Waals surface area contributed by atoms with Gasteiger partial charge in [0.05, 0.1) is 24.2 Å². The number of carboxylic acid groups (broad SMARTS) is 3. The van der Waals surface area contributed by atoms with Gasteiger partial charge in [-0.1, -0.05) is 46.3 Å². The maximum atomic E-state index is 12.6. The van der Waals surface area contributed by atoms with Gasteiger partial charge in [0, 0.05) is 5.41 Å². The Morgan fingerprint density at radius 3 is 1.75 bits per heavy atom. The fourth-order valence-corrected chi connectivity index (χ4v) is 15.0. The summed E-state index contributed by atoms with van der Waals surface area (Å²) in [6.07, 6.45) is -20.1. The molecule has 25 atom stereocenters. The van der Waals surface area contributed by atoms with Gasteiger partial charge in [-0.15, -0.1) is 0 Å². The van der Waals surface area contributed by atoms with Gasteiger partial charge in [-0.05, 0) is 117 Å². The second-order valence-corrected chi connectivity index (χ2v) is 23.3. The summed E-state index contributed by atoms with van der Waals surface area (Å²) in [5.74, 6) is -4.01. The van der Waals surface area contributed by atoms with Crippen molar-refractivity contribution < 1.29 is 99.0 Å². The Morgan fingerprint density at radius 2 is 1.19 bits per heavy atom. The predicted octanol–water partition coefficient (Wildman–Crippen LogP) is 0.891. The summed E-state index contributed by atoms with van der Waals surface area (Å²) in [7, 11) is 0. The molecule has 5 aliphatic carbocycles. The second-order valence-electron chi connectivity index (χ2n) is 23.3. The fourth-order valence-electron chi connectivity index (χ4n) is 15.0. The van der Waals surface area contributed by atoms with Crippen LogP contribution in [-0.4, -0.2) is 179 Å². The van der Waals surface area contributed by atoms with Gasteiger partial charge in [0.15, 0.2) is 31.1 Å². The van der Waals surface area contributed by atoms with Gasteiger partial charge in [-0.25, -0.2) is 9.59 Å². The zero-order chi connectivity index (χ0) is 50.0. The highest BCUT2D eigenvalue weighted by Crippen LogP contribution is 2.76. The molecule has 68 heavy (non-hydrogen) atoms. The van der Waals surface area contributed by atoms with Crippen molar-refractivity contribution in [1.29, 1.82) is 0 Å². The molecule has 8 rings (SSSR count). The zero-order valence-corrected chi connectivity index (χ0v) is 39.9. The van der Waals surface area contributed by atoms with Gasteiger partial charge in [-0.2, -0.15) is 0 Å². The van der Waals surface area contributed by atoms with Crippen LogP contribution < -0.4 is 0 Å². The van der Waals surface area contributed by atoms with Gasteiger partial charge < -0.3 is 84.6 Å². The van der Waals surface area contributed by atoms with Gasteiger partial charge >= 0.3 is 17.9 Å². The molecule has 20 nitrogen and oxygen atoms in total. The molecule has 7 fully saturated rings. The smallest absolute Gasteiger partial charge is 0.335 e. The van der Waals surface area contributed by atoms with E-state index in [4.69, 9.17) is 28.4 Å². The number of aliphatic carboxylic acids is 3. The van der Waals surface area contributed by atoms with Crippen molar-refractivity contribution in [3.8, 4) is 0 Å². The number of allylic oxidation sites excluding steroid dienone is 2. The third-order valence-electron chi connectivity index (χ3n) is 19.7. The lowest BCUT2D eigenvalue weighted by Gasteiger charge is -2.71. The van der Waals surface area contributed by atoms with E-state index in [0.717, 1.165) is 32.1 Å². The number of hydrogen-bond donors (Lipinski definition) is 11. The standard InChI is InChI=1S/C48H74O20/c1-20-26(50)27(51)32(56)39(63-20)67-36-31(55)29(53)34(38(59)60)66-41(36)68-35-30(54)28(52)33(37(57)58)65-40(35)64-25-11-12-45(4)23(46(25,5)19-49)10-13-48(7)24(45)9-8-21-22-18-44(3,42(61)62)15-14-43(22,2)16-17-47(21,48)6/h8,20,22-36,39-41,49-56H,9-19H2,1-7H3,(H,57,58)(H,59,60)(H,61,62). The number of carbonyl (C=O) groups is 3. The van der Waals surface area contributed by atoms with Crippen molar-refractivity contribution >= 4 is 17.9 Å². The first-order valence-corrected chi connectivity index (χ1v) is 24.3. The topological polar surface area (TPSA) is 329 Å². The van der Waals surface area contributed by atoms with Crippen LogP contribution in [0.25, 0.3) is 0 Å². The molecule has 3 heterocycles. The summed E-state index contributed by atoms with van der Waals surface area (Å²) >= 11 is 0. The van der Waals surface area contributed by atoms with E-state index in [0.29, 0.717) is 32.1 Å². The van der Waals surface area contributed by atoms with E-state index in [2.05, 4.69) is 33.8 Å². The minimum atomic E-state index is -2.17. The monoisotopic (exact) mass is 970 g/mol. The number of aliphatic hydroxyl groups excluding tert-OH is 8. The van der Waals surface area contributed by atoms with Crippen molar-refractivity contribution in [1.82, 2.24) is 0 Å². The van der Waals surface area contributed by atoms with Crippen LogP contribution >= 0.6 is 0 Å². The van der Waals surface area contributed by atoms with Crippen molar-refractivity contribution in [2.45, 2.75) is 211 Å². The summed E-state index contributed by atoms with van der Waals surface area (Å²) < 4.78 is 35.6. The highest BCUT2D eigenvalue weighted by atomic mass is 16.8. The van der Waals surface area contributed by atoms with Crippen molar-refractivity contribution in [3.63, 3.8) is 0 Å². The van der Waals surface area contributed by atoms with Crippen molar-refractivity contribution in [2.24, 2.45) is 50.2 Å². The molecule has 0 aromatic heterocycles. The van der Waals surface area contributed by atoms with E-state index in [9.17, 15) is 70.6 Å². The van der Waals surface area contributed by atoms with Crippen LogP contribution in [0.1, 0.15) is 113 Å². The average molecular weight is 971 g/mol. The highest BCUT2D eigenvalue weighted by Gasteiger charge is 2.69. The quantitative estimate of drug-likeness (QED) is 0.107. The van der Waals surface area contributed by atoms with Crippen molar-refractivity contribution in [3.05, 3.63) is 11.6 Å². The predicted molar refractivity (Wildman–Crippen MR) is 232 cm³/mol. The lowest BCUT2D eigenvalue weighted by Crippen LogP contribution is -2.68. The Kier molecular flexibility index (Phi) is 13.7.